The van der Waals surface area contributed by atoms with Gasteiger partial charge in [-0.1, -0.05) is 12.1 Å². The Labute approximate surface area is 140 Å². The first kappa shape index (κ1) is 16.3. The highest BCUT2D eigenvalue weighted by Gasteiger charge is 2.21. The second-order valence-corrected chi connectivity index (χ2v) is 7.06. The number of rotatable bonds is 5. The van der Waals surface area contributed by atoms with Crippen LogP contribution in [0.3, 0.4) is 0 Å². The van der Waals surface area contributed by atoms with Crippen molar-refractivity contribution in [3.63, 3.8) is 0 Å². The summed E-state index contributed by atoms with van der Waals surface area (Å²) in [4.78, 5) is 11.5. The Hall–Kier alpha value is -2.54. The van der Waals surface area contributed by atoms with Crippen LogP contribution >= 0.6 is 0 Å². The van der Waals surface area contributed by atoms with Crippen LogP contribution < -0.4 is 14.8 Å². The molecule has 0 fully saturated rings. The first-order valence-corrected chi connectivity index (χ1v) is 9.15. The lowest BCUT2D eigenvalue weighted by Crippen LogP contribution is -2.19. The molecule has 1 amide bonds. The molecule has 0 aromatic heterocycles. The van der Waals surface area contributed by atoms with E-state index in [1.807, 2.05) is 0 Å². The fraction of sp³-hybridized carbons (Fsp3) is 0.235. The van der Waals surface area contributed by atoms with Crippen LogP contribution in [0.15, 0.2) is 47.4 Å². The first-order valence-electron chi connectivity index (χ1n) is 7.67. The predicted octanol–water partition coefficient (Wildman–Crippen LogP) is 2.77. The number of nitrogens with one attached hydrogen (secondary N) is 2. The standard InChI is InChI=1S/C17H18N2O4S/c1-2-23-15-5-3-4-6-16(15)24(21,22)19-13-8-9-14-12(11-13)7-10-17(20)18-14/h3-6,8-9,11,19H,2,7,10H2,1H3,(H,18,20). The summed E-state index contributed by atoms with van der Waals surface area (Å²) in [6.07, 6.45) is 0.989. The smallest absolute Gasteiger partial charge is 0.265 e. The van der Waals surface area contributed by atoms with Crippen molar-refractivity contribution in [1.82, 2.24) is 0 Å². The zero-order valence-corrected chi connectivity index (χ0v) is 14.0. The van der Waals surface area contributed by atoms with Gasteiger partial charge >= 0.3 is 0 Å². The highest BCUT2D eigenvalue weighted by atomic mass is 32.2. The fourth-order valence-corrected chi connectivity index (χ4v) is 3.80. The third-order valence-electron chi connectivity index (χ3n) is 3.69. The molecule has 0 aliphatic carbocycles. The molecule has 24 heavy (non-hydrogen) atoms. The number of hydrogen-bond acceptors (Lipinski definition) is 4. The van der Waals surface area contributed by atoms with Gasteiger partial charge in [0.1, 0.15) is 10.6 Å². The van der Waals surface area contributed by atoms with E-state index in [0.717, 1.165) is 11.3 Å². The Morgan fingerprint density at radius 2 is 1.96 bits per heavy atom. The number of hydrogen-bond donors (Lipinski definition) is 2. The number of carbonyl (C=O) groups excluding carboxylic acids is 1. The molecule has 0 unspecified atom stereocenters. The highest BCUT2D eigenvalue weighted by molar-refractivity contribution is 7.92. The molecule has 0 saturated carbocycles. The van der Waals surface area contributed by atoms with Gasteiger partial charge in [-0.05, 0) is 49.2 Å². The summed E-state index contributed by atoms with van der Waals surface area (Å²) in [5, 5.41) is 2.77. The molecule has 0 atom stereocenters. The van der Waals surface area contributed by atoms with Crippen LogP contribution in [0.2, 0.25) is 0 Å². The van der Waals surface area contributed by atoms with Gasteiger partial charge < -0.3 is 10.1 Å². The molecule has 1 aliphatic heterocycles. The van der Waals surface area contributed by atoms with E-state index in [1.54, 1.807) is 43.3 Å². The predicted molar refractivity (Wildman–Crippen MR) is 91.8 cm³/mol. The number of sulfonamides is 1. The van der Waals surface area contributed by atoms with Crippen molar-refractivity contribution in [3.05, 3.63) is 48.0 Å². The van der Waals surface area contributed by atoms with E-state index in [2.05, 4.69) is 10.0 Å². The molecule has 0 saturated heterocycles. The first-order chi connectivity index (χ1) is 11.5. The van der Waals surface area contributed by atoms with Gasteiger partial charge in [0.15, 0.2) is 0 Å². The quantitative estimate of drug-likeness (QED) is 0.872. The molecule has 1 heterocycles. The molecule has 3 rings (SSSR count). The number of anilines is 2. The van der Waals surface area contributed by atoms with Gasteiger partial charge in [0.2, 0.25) is 5.91 Å². The second-order valence-electron chi connectivity index (χ2n) is 5.41. The van der Waals surface area contributed by atoms with E-state index >= 15 is 0 Å². The molecule has 1 aliphatic rings. The van der Waals surface area contributed by atoms with E-state index in [0.29, 0.717) is 30.9 Å². The Bertz CT molecular complexity index is 878. The molecule has 0 spiro atoms. The lowest BCUT2D eigenvalue weighted by molar-refractivity contribution is -0.116. The van der Waals surface area contributed by atoms with Gasteiger partial charge in [0, 0.05) is 17.8 Å². The van der Waals surface area contributed by atoms with Gasteiger partial charge in [0.25, 0.3) is 10.0 Å². The SMILES string of the molecule is CCOc1ccccc1S(=O)(=O)Nc1ccc2c(c1)CCC(=O)N2. The zero-order chi connectivity index (χ0) is 17.2. The van der Waals surface area contributed by atoms with Crippen molar-refractivity contribution in [2.24, 2.45) is 0 Å². The fourth-order valence-electron chi connectivity index (χ4n) is 2.60. The third-order valence-corrected chi connectivity index (χ3v) is 5.11. The lowest BCUT2D eigenvalue weighted by Gasteiger charge is -2.18. The van der Waals surface area contributed by atoms with Gasteiger partial charge in [-0.25, -0.2) is 8.42 Å². The average molecular weight is 346 g/mol. The minimum atomic E-state index is -3.77. The monoisotopic (exact) mass is 346 g/mol. The average Bonchev–Trinajstić information content (AvgIpc) is 2.55. The highest BCUT2D eigenvalue weighted by Crippen LogP contribution is 2.29. The molecule has 2 N–H and O–H groups in total. The number of benzene rings is 2. The summed E-state index contributed by atoms with van der Waals surface area (Å²) >= 11 is 0. The van der Waals surface area contributed by atoms with Crippen molar-refractivity contribution < 1.29 is 17.9 Å². The summed E-state index contributed by atoms with van der Waals surface area (Å²) in [5.41, 5.74) is 2.09. The largest absolute Gasteiger partial charge is 0.492 e. The minimum absolute atomic E-state index is 0.0264. The van der Waals surface area contributed by atoms with Crippen molar-refractivity contribution >= 4 is 27.3 Å². The summed E-state index contributed by atoms with van der Waals surface area (Å²) in [6.45, 7) is 2.18. The van der Waals surface area contributed by atoms with Crippen LogP contribution in [0, 0.1) is 0 Å². The lowest BCUT2D eigenvalue weighted by atomic mass is 10.0. The molecule has 126 valence electrons. The van der Waals surface area contributed by atoms with Crippen molar-refractivity contribution in [2.75, 3.05) is 16.6 Å². The molecular weight excluding hydrogens is 328 g/mol. The maximum atomic E-state index is 12.7. The topological polar surface area (TPSA) is 84.5 Å². The number of fused-ring (bicyclic) bond motifs is 1. The maximum Gasteiger partial charge on any atom is 0.265 e. The van der Waals surface area contributed by atoms with E-state index in [-0.39, 0.29) is 10.8 Å². The van der Waals surface area contributed by atoms with Crippen LogP contribution in [0.5, 0.6) is 5.75 Å². The molecular formula is C17H18N2O4S. The summed E-state index contributed by atoms with van der Waals surface area (Å²) in [6, 6.07) is 11.6. The van der Waals surface area contributed by atoms with Crippen LogP contribution in [0.4, 0.5) is 11.4 Å². The number of aryl methyl sites for hydroxylation is 1. The van der Waals surface area contributed by atoms with Crippen molar-refractivity contribution in [1.29, 1.82) is 0 Å². The summed E-state index contributed by atoms with van der Waals surface area (Å²) < 4.78 is 33.3. The van der Waals surface area contributed by atoms with Gasteiger partial charge in [-0.2, -0.15) is 0 Å². The molecule has 0 bridgehead atoms. The molecule has 7 heteroatoms. The molecule has 0 radical (unpaired) electrons. The summed E-state index contributed by atoms with van der Waals surface area (Å²) in [7, 11) is -3.77. The minimum Gasteiger partial charge on any atom is -0.492 e. The summed E-state index contributed by atoms with van der Waals surface area (Å²) in [5.74, 6) is 0.291. The van der Waals surface area contributed by atoms with Gasteiger partial charge in [0.05, 0.1) is 6.61 Å². The maximum absolute atomic E-state index is 12.7. The van der Waals surface area contributed by atoms with Crippen LogP contribution in [-0.4, -0.2) is 20.9 Å². The normalized spacial score (nSPS) is 13.8. The Morgan fingerprint density at radius 3 is 2.75 bits per heavy atom. The van der Waals surface area contributed by atoms with E-state index in [1.165, 1.54) is 6.07 Å². The Balaban J connectivity index is 1.89. The van der Waals surface area contributed by atoms with Gasteiger partial charge in [-0.15, -0.1) is 0 Å². The van der Waals surface area contributed by atoms with E-state index in [9.17, 15) is 13.2 Å². The number of carbonyl (C=O) groups is 1. The van der Waals surface area contributed by atoms with Crippen LogP contribution in [0.1, 0.15) is 18.9 Å². The second kappa shape index (κ2) is 6.52. The third kappa shape index (κ3) is 3.35. The van der Waals surface area contributed by atoms with Crippen LogP contribution in [-0.2, 0) is 21.2 Å². The number of amides is 1. The molecule has 6 nitrogen and oxygen atoms in total. The molecule has 2 aromatic rings. The van der Waals surface area contributed by atoms with Crippen molar-refractivity contribution in [3.8, 4) is 5.75 Å². The molecule has 2 aromatic carbocycles. The van der Waals surface area contributed by atoms with E-state index < -0.39 is 10.0 Å². The number of ether oxygens (including phenoxy) is 1. The Kier molecular flexibility index (Phi) is 4.44. The Morgan fingerprint density at radius 1 is 1.17 bits per heavy atom. The van der Waals surface area contributed by atoms with Crippen molar-refractivity contribution in [2.45, 2.75) is 24.7 Å². The number of para-hydroxylation sites is 1. The van der Waals surface area contributed by atoms with Crippen LogP contribution in [0.25, 0.3) is 0 Å². The zero-order valence-electron chi connectivity index (χ0n) is 13.2. The van der Waals surface area contributed by atoms with Gasteiger partial charge in [-0.3, -0.25) is 9.52 Å². The van der Waals surface area contributed by atoms with E-state index in [4.69, 9.17) is 4.74 Å².